The molecule has 3 aliphatic carbocycles. The van der Waals surface area contributed by atoms with Crippen molar-refractivity contribution in [3.8, 4) is 0 Å². The van der Waals surface area contributed by atoms with Crippen molar-refractivity contribution in [2.24, 2.45) is 23.2 Å². The van der Waals surface area contributed by atoms with E-state index >= 15 is 0 Å². The maximum Gasteiger partial charge on any atom is 0.0945 e. The van der Waals surface area contributed by atoms with E-state index in [1.54, 1.807) is 0 Å². The van der Waals surface area contributed by atoms with Crippen LogP contribution >= 0.6 is 0 Å². The molecule has 0 unspecified atom stereocenters. The van der Waals surface area contributed by atoms with Crippen LogP contribution in [0.15, 0.2) is 35.5 Å². The van der Waals surface area contributed by atoms with Crippen molar-refractivity contribution in [3.63, 3.8) is 0 Å². The number of fused-ring (bicyclic) bond motifs is 5. The fourth-order valence-corrected chi connectivity index (χ4v) is 6.17. The Bertz CT molecular complexity index is 605. The SMILES string of the molecule is C[C@]12CCCC=C1C(=CF)C(=CF)[C@@H]1[C@@H]2CC[C@]2(C)OCC[C@@H]12. The van der Waals surface area contributed by atoms with Gasteiger partial charge in [-0.3, -0.25) is 0 Å². The van der Waals surface area contributed by atoms with Gasteiger partial charge in [-0.2, -0.15) is 0 Å². The summed E-state index contributed by atoms with van der Waals surface area (Å²) in [5.74, 6) is 0.793. The molecule has 4 aliphatic rings. The zero-order chi connectivity index (χ0) is 16.2. The quantitative estimate of drug-likeness (QED) is 0.561. The Kier molecular flexibility index (Phi) is 3.57. The number of halogens is 2. The second-order valence-corrected chi connectivity index (χ2v) is 8.24. The lowest BCUT2D eigenvalue weighted by atomic mass is 9.47. The Hall–Kier alpha value is -0.960. The van der Waals surface area contributed by atoms with Crippen LogP contribution in [-0.4, -0.2) is 12.2 Å². The molecule has 1 saturated heterocycles. The minimum absolute atomic E-state index is 0.0166. The molecule has 0 radical (unpaired) electrons. The summed E-state index contributed by atoms with van der Waals surface area (Å²) in [6.45, 7) is 5.20. The highest BCUT2D eigenvalue weighted by Gasteiger charge is 2.59. The number of ether oxygens (including phenoxy) is 1. The molecule has 0 N–H and O–H groups in total. The normalized spacial score (nSPS) is 49.6. The minimum Gasteiger partial charge on any atom is -0.375 e. The molecular weight excluding hydrogens is 294 g/mol. The van der Waals surface area contributed by atoms with Crippen LogP contribution in [-0.2, 0) is 4.74 Å². The first kappa shape index (κ1) is 15.6. The Balaban J connectivity index is 1.87. The molecule has 1 nitrogen and oxygen atoms in total. The maximum absolute atomic E-state index is 13.9. The largest absolute Gasteiger partial charge is 0.375 e. The van der Waals surface area contributed by atoms with Gasteiger partial charge in [0.1, 0.15) is 0 Å². The van der Waals surface area contributed by atoms with Crippen molar-refractivity contribution < 1.29 is 13.5 Å². The van der Waals surface area contributed by atoms with Gasteiger partial charge in [0.05, 0.1) is 18.3 Å². The van der Waals surface area contributed by atoms with Crippen LogP contribution in [0, 0.1) is 23.2 Å². The lowest BCUT2D eigenvalue weighted by Crippen LogP contribution is -2.53. The first-order chi connectivity index (χ1) is 11.0. The highest BCUT2D eigenvalue weighted by molar-refractivity contribution is 5.54. The number of hydrogen-bond acceptors (Lipinski definition) is 1. The number of hydrogen-bond donors (Lipinski definition) is 0. The van der Waals surface area contributed by atoms with E-state index in [4.69, 9.17) is 4.74 Å². The third-order valence-electron chi connectivity index (χ3n) is 7.33. The molecule has 5 atom stereocenters. The topological polar surface area (TPSA) is 9.23 Å². The highest BCUT2D eigenvalue weighted by atomic mass is 19.1. The fraction of sp³-hybridized carbons (Fsp3) is 0.700. The molecule has 0 aromatic carbocycles. The predicted octanol–water partition coefficient (Wildman–Crippen LogP) is 5.64. The third-order valence-corrected chi connectivity index (χ3v) is 7.33. The summed E-state index contributed by atoms with van der Waals surface area (Å²) < 4.78 is 33.8. The van der Waals surface area contributed by atoms with Crippen molar-refractivity contribution >= 4 is 0 Å². The van der Waals surface area contributed by atoms with Crippen LogP contribution < -0.4 is 0 Å². The lowest BCUT2D eigenvalue weighted by Gasteiger charge is -2.57. The minimum atomic E-state index is -0.164. The molecule has 3 fully saturated rings. The number of rotatable bonds is 0. The van der Waals surface area contributed by atoms with Crippen molar-refractivity contribution in [2.75, 3.05) is 6.61 Å². The summed E-state index contributed by atoms with van der Waals surface area (Å²) >= 11 is 0. The van der Waals surface area contributed by atoms with Crippen LogP contribution in [0.2, 0.25) is 0 Å². The average molecular weight is 320 g/mol. The molecule has 1 aliphatic heterocycles. The molecule has 2 saturated carbocycles. The maximum atomic E-state index is 13.9. The van der Waals surface area contributed by atoms with E-state index in [-0.39, 0.29) is 16.9 Å². The van der Waals surface area contributed by atoms with E-state index in [0.29, 0.717) is 35.6 Å². The first-order valence-electron chi connectivity index (χ1n) is 9.01. The van der Waals surface area contributed by atoms with Gasteiger partial charge < -0.3 is 4.74 Å². The smallest absolute Gasteiger partial charge is 0.0945 e. The van der Waals surface area contributed by atoms with E-state index in [1.807, 2.05) is 0 Å². The van der Waals surface area contributed by atoms with Crippen LogP contribution in [0.3, 0.4) is 0 Å². The molecular formula is C20H26F2O. The van der Waals surface area contributed by atoms with Gasteiger partial charge in [-0.05, 0) is 79.8 Å². The van der Waals surface area contributed by atoms with Gasteiger partial charge in [0, 0.05) is 12.2 Å². The summed E-state index contributed by atoms with van der Waals surface area (Å²) in [5, 5.41) is 0. The van der Waals surface area contributed by atoms with Gasteiger partial charge >= 0.3 is 0 Å². The molecule has 3 heteroatoms. The highest BCUT2D eigenvalue weighted by Crippen LogP contribution is 2.65. The summed E-state index contributed by atoms with van der Waals surface area (Å²) in [7, 11) is 0. The van der Waals surface area contributed by atoms with Gasteiger partial charge in [-0.25, -0.2) is 8.78 Å². The summed E-state index contributed by atoms with van der Waals surface area (Å²) in [5.41, 5.74) is 1.98. The van der Waals surface area contributed by atoms with Gasteiger partial charge in [0.2, 0.25) is 0 Å². The van der Waals surface area contributed by atoms with E-state index in [9.17, 15) is 8.78 Å². The first-order valence-corrected chi connectivity index (χ1v) is 9.01. The summed E-state index contributed by atoms with van der Waals surface area (Å²) in [6, 6.07) is 0. The Morgan fingerprint density at radius 3 is 2.70 bits per heavy atom. The Morgan fingerprint density at radius 1 is 1.13 bits per heavy atom. The van der Waals surface area contributed by atoms with Gasteiger partial charge in [-0.15, -0.1) is 0 Å². The molecule has 4 rings (SSSR count). The van der Waals surface area contributed by atoms with Crippen molar-refractivity contribution in [2.45, 2.75) is 58.0 Å². The van der Waals surface area contributed by atoms with Crippen molar-refractivity contribution in [1.82, 2.24) is 0 Å². The number of allylic oxidation sites excluding steroid dienone is 4. The lowest BCUT2D eigenvalue weighted by molar-refractivity contribution is -0.0783. The third kappa shape index (κ3) is 1.98. The molecule has 0 amide bonds. The molecule has 0 bridgehead atoms. The van der Waals surface area contributed by atoms with Gasteiger partial charge in [0.25, 0.3) is 0 Å². The van der Waals surface area contributed by atoms with E-state index in [1.165, 1.54) is 0 Å². The van der Waals surface area contributed by atoms with Crippen LogP contribution in [0.4, 0.5) is 8.78 Å². The van der Waals surface area contributed by atoms with Crippen molar-refractivity contribution in [1.29, 1.82) is 0 Å². The monoisotopic (exact) mass is 320 g/mol. The van der Waals surface area contributed by atoms with Crippen LogP contribution in [0.5, 0.6) is 0 Å². The molecule has 0 aromatic heterocycles. The zero-order valence-electron chi connectivity index (χ0n) is 14.1. The molecule has 0 spiro atoms. The molecule has 1 heterocycles. The second kappa shape index (κ2) is 5.27. The molecule has 23 heavy (non-hydrogen) atoms. The zero-order valence-corrected chi connectivity index (χ0v) is 14.1. The summed E-state index contributed by atoms with van der Waals surface area (Å²) in [4.78, 5) is 0. The van der Waals surface area contributed by atoms with Crippen molar-refractivity contribution in [3.05, 3.63) is 35.5 Å². The van der Waals surface area contributed by atoms with Crippen LogP contribution in [0.1, 0.15) is 52.4 Å². The molecule has 0 aromatic rings. The standard InChI is InChI=1S/C20H26F2O/c1-19-8-4-3-5-15(19)13(11-21)14(12-22)18-16(19)6-9-20(2)17(18)7-10-23-20/h5,11-12,16-18H,3-4,6-10H2,1-2H3/t16-,17-,18+,19-,20-/m0/s1. The Labute approximate surface area is 137 Å². The molecule has 126 valence electrons. The predicted molar refractivity (Wildman–Crippen MR) is 87.1 cm³/mol. The van der Waals surface area contributed by atoms with E-state index in [2.05, 4.69) is 19.9 Å². The second-order valence-electron chi connectivity index (χ2n) is 8.24. The van der Waals surface area contributed by atoms with Gasteiger partial charge in [-0.1, -0.05) is 13.0 Å². The van der Waals surface area contributed by atoms with E-state index in [0.717, 1.165) is 50.7 Å². The van der Waals surface area contributed by atoms with E-state index < -0.39 is 0 Å². The fourth-order valence-electron chi connectivity index (χ4n) is 6.17. The van der Waals surface area contributed by atoms with Gasteiger partial charge in [0.15, 0.2) is 0 Å². The van der Waals surface area contributed by atoms with Crippen LogP contribution in [0.25, 0.3) is 0 Å². The Morgan fingerprint density at radius 2 is 1.96 bits per heavy atom. The summed E-state index contributed by atoms with van der Waals surface area (Å²) in [6.07, 6.45) is 9.75. The average Bonchev–Trinajstić information content (AvgIpc) is 2.94.